The van der Waals surface area contributed by atoms with Gasteiger partial charge in [0.25, 0.3) is 0 Å². The van der Waals surface area contributed by atoms with Crippen LogP contribution in [-0.2, 0) is 13.2 Å². The Morgan fingerprint density at radius 3 is 2.60 bits per heavy atom. The number of methoxy groups -OCH3 is 1. The molecular weight excluding hydrogens is 388 g/mol. The van der Waals surface area contributed by atoms with Gasteiger partial charge in [-0.05, 0) is 40.2 Å². The molecule has 0 aromatic heterocycles. The van der Waals surface area contributed by atoms with Crippen molar-refractivity contribution in [2.24, 2.45) is 0 Å². The molecule has 0 radical (unpaired) electrons. The zero-order valence-corrected chi connectivity index (χ0v) is 14.1. The van der Waals surface area contributed by atoms with Crippen LogP contribution in [0.2, 0.25) is 0 Å². The van der Waals surface area contributed by atoms with Crippen molar-refractivity contribution in [2.45, 2.75) is 13.2 Å². The van der Waals surface area contributed by atoms with Gasteiger partial charge in [-0.25, -0.2) is 0 Å². The zero-order chi connectivity index (χ0) is 14.5. The van der Waals surface area contributed by atoms with Crippen molar-refractivity contribution in [3.63, 3.8) is 0 Å². The van der Waals surface area contributed by atoms with Crippen molar-refractivity contribution in [3.8, 4) is 11.5 Å². The summed E-state index contributed by atoms with van der Waals surface area (Å²) in [6.45, 7) is 0.294. The number of halogens is 2. The second-order valence-electron chi connectivity index (χ2n) is 4.13. The van der Waals surface area contributed by atoms with Gasteiger partial charge in [-0.15, -0.1) is 0 Å². The van der Waals surface area contributed by atoms with Crippen LogP contribution in [-0.4, -0.2) is 12.2 Å². The Hall–Kier alpha value is -1.04. The summed E-state index contributed by atoms with van der Waals surface area (Å²) in [5.41, 5.74) is 1.68. The third-order valence-electron chi connectivity index (χ3n) is 2.83. The second-order valence-corrected chi connectivity index (χ2v) is 5.90. The fourth-order valence-corrected chi connectivity index (χ4v) is 2.78. The monoisotopic (exact) mass is 400 g/mol. The Kier molecular flexibility index (Phi) is 5.46. The third-order valence-corrected chi connectivity index (χ3v) is 3.95. The van der Waals surface area contributed by atoms with Crippen molar-refractivity contribution < 1.29 is 14.6 Å². The molecular formula is C15H14Br2O3. The lowest BCUT2D eigenvalue weighted by atomic mass is 10.2. The van der Waals surface area contributed by atoms with E-state index in [9.17, 15) is 5.11 Å². The Labute approximate surface area is 134 Å². The topological polar surface area (TPSA) is 38.7 Å². The number of aliphatic hydroxyl groups excluding tert-OH is 1. The maximum atomic E-state index is 9.35. The molecule has 0 spiro atoms. The van der Waals surface area contributed by atoms with Gasteiger partial charge in [0.05, 0.1) is 18.2 Å². The molecule has 5 heteroatoms. The smallest absolute Gasteiger partial charge is 0.139 e. The van der Waals surface area contributed by atoms with E-state index in [0.29, 0.717) is 12.4 Å². The van der Waals surface area contributed by atoms with Crippen molar-refractivity contribution in [1.29, 1.82) is 0 Å². The van der Waals surface area contributed by atoms with Gasteiger partial charge in [-0.1, -0.05) is 28.1 Å². The molecule has 0 fully saturated rings. The number of para-hydroxylation sites is 1. The molecule has 0 aliphatic rings. The molecule has 2 aromatic rings. The molecule has 2 rings (SSSR count). The highest BCUT2D eigenvalue weighted by atomic mass is 79.9. The molecule has 3 nitrogen and oxygen atoms in total. The van der Waals surface area contributed by atoms with E-state index in [2.05, 4.69) is 31.9 Å². The first-order chi connectivity index (χ1) is 9.65. The van der Waals surface area contributed by atoms with Crippen molar-refractivity contribution in [1.82, 2.24) is 0 Å². The molecule has 0 amide bonds. The van der Waals surface area contributed by atoms with Gasteiger partial charge >= 0.3 is 0 Å². The molecule has 0 heterocycles. The Balaban J connectivity index is 2.23. The number of benzene rings is 2. The standard InChI is InChI=1S/C15H14Br2O3/c1-19-14-6-5-12(16)7-11(14)9-20-15-10(8-18)3-2-4-13(15)17/h2-7,18H,8-9H2,1H3. The highest BCUT2D eigenvalue weighted by Crippen LogP contribution is 2.31. The molecule has 0 saturated carbocycles. The third kappa shape index (κ3) is 3.53. The zero-order valence-electron chi connectivity index (χ0n) is 10.9. The summed E-state index contributed by atoms with van der Waals surface area (Å²) in [5, 5.41) is 9.35. The van der Waals surface area contributed by atoms with Crippen molar-refractivity contribution in [2.75, 3.05) is 7.11 Å². The molecule has 0 aliphatic heterocycles. The Bertz CT molecular complexity index is 600. The van der Waals surface area contributed by atoms with E-state index in [1.165, 1.54) is 0 Å². The van der Waals surface area contributed by atoms with Gasteiger partial charge in [0.2, 0.25) is 0 Å². The molecule has 20 heavy (non-hydrogen) atoms. The van der Waals surface area contributed by atoms with Crippen LogP contribution in [0.4, 0.5) is 0 Å². The number of aliphatic hydroxyl groups is 1. The maximum Gasteiger partial charge on any atom is 0.139 e. The molecule has 0 aliphatic carbocycles. The first-order valence-corrected chi connectivity index (χ1v) is 7.57. The van der Waals surface area contributed by atoms with Gasteiger partial charge in [-0.2, -0.15) is 0 Å². The summed E-state index contributed by atoms with van der Waals surface area (Å²) < 4.78 is 12.9. The minimum absolute atomic E-state index is 0.0651. The summed E-state index contributed by atoms with van der Waals surface area (Å²) in [7, 11) is 1.63. The van der Waals surface area contributed by atoms with Crippen LogP contribution in [0.1, 0.15) is 11.1 Å². The highest BCUT2D eigenvalue weighted by molar-refractivity contribution is 9.10. The normalized spacial score (nSPS) is 10.4. The van der Waals surface area contributed by atoms with E-state index in [-0.39, 0.29) is 6.61 Å². The fraction of sp³-hybridized carbons (Fsp3) is 0.200. The summed E-state index contributed by atoms with van der Waals surface area (Å²) in [6, 6.07) is 11.3. The number of hydrogen-bond donors (Lipinski definition) is 1. The van der Waals surface area contributed by atoms with Crippen LogP contribution in [0, 0.1) is 0 Å². The van der Waals surface area contributed by atoms with E-state index in [1.54, 1.807) is 7.11 Å². The summed E-state index contributed by atoms with van der Waals surface area (Å²) in [5.74, 6) is 1.42. The van der Waals surface area contributed by atoms with Crippen molar-refractivity contribution >= 4 is 31.9 Å². The average molecular weight is 402 g/mol. The fourth-order valence-electron chi connectivity index (χ4n) is 1.85. The number of ether oxygens (including phenoxy) is 2. The van der Waals surface area contributed by atoms with Crippen LogP contribution >= 0.6 is 31.9 Å². The largest absolute Gasteiger partial charge is 0.496 e. The van der Waals surface area contributed by atoms with Gasteiger partial charge in [0.15, 0.2) is 0 Å². The summed E-state index contributed by atoms with van der Waals surface area (Å²) in [4.78, 5) is 0. The van der Waals surface area contributed by atoms with E-state index in [4.69, 9.17) is 9.47 Å². The van der Waals surface area contributed by atoms with Gasteiger partial charge < -0.3 is 14.6 Å². The van der Waals surface area contributed by atoms with E-state index in [0.717, 1.165) is 25.8 Å². The maximum absolute atomic E-state index is 9.35. The van der Waals surface area contributed by atoms with Crippen LogP contribution in [0.25, 0.3) is 0 Å². The molecule has 0 saturated heterocycles. The van der Waals surface area contributed by atoms with Gasteiger partial charge in [-0.3, -0.25) is 0 Å². The molecule has 0 unspecified atom stereocenters. The Morgan fingerprint density at radius 1 is 1.10 bits per heavy atom. The lowest BCUT2D eigenvalue weighted by Crippen LogP contribution is -2.01. The molecule has 0 atom stereocenters. The quantitative estimate of drug-likeness (QED) is 0.811. The minimum atomic E-state index is -0.0651. The molecule has 0 bridgehead atoms. The van der Waals surface area contributed by atoms with Crippen LogP contribution in [0.5, 0.6) is 11.5 Å². The molecule has 106 valence electrons. The molecule has 1 N–H and O–H groups in total. The lowest BCUT2D eigenvalue weighted by molar-refractivity contribution is 0.256. The number of rotatable bonds is 5. The van der Waals surface area contributed by atoms with Crippen molar-refractivity contribution in [3.05, 3.63) is 56.5 Å². The first kappa shape index (κ1) is 15.4. The highest BCUT2D eigenvalue weighted by Gasteiger charge is 2.10. The lowest BCUT2D eigenvalue weighted by Gasteiger charge is -2.14. The molecule has 2 aromatic carbocycles. The van der Waals surface area contributed by atoms with Crippen LogP contribution in [0.15, 0.2) is 45.3 Å². The average Bonchev–Trinajstić information content (AvgIpc) is 2.46. The van der Waals surface area contributed by atoms with Crippen LogP contribution in [0.3, 0.4) is 0 Å². The van der Waals surface area contributed by atoms with Crippen LogP contribution < -0.4 is 9.47 Å². The first-order valence-electron chi connectivity index (χ1n) is 5.99. The second kappa shape index (κ2) is 7.11. The Morgan fingerprint density at radius 2 is 1.90 bits per heavy atom. The van der Waals surface area contributed by atoms with E-state index >= 15 is 0 Å². The minimum Gasteiger partial charge on any atom is -0.496 e. The van der Waals surface area contributed by atoms with Gasteiger partial charge in [0, 0.05) is 15.6 Å². The van der Waals surface area contributed by atoms with E-state index < -0.39 is 0 Å². The summed E-state index contributed by atoms with van der Waals surface area (Å²) in [6.07, 6.45) is 0. The predicted molar refractivity (Wildman–Crippen MR) is 85.1 cm³/mol. The van der Waals surface area contributed by atoms with E-state index in [1.807, 2.05) is 36.4 Å². The van der Waals surface area contributed by atoms with Gasteiger partial charge in [0.1, 0.15) is 18.1 Å². The number of hydrogen-bond acceptors (Lipinski definition) is 3. The SMILES string of the molecule is COc1ccc(Br)cc1COc1c(Br)cccc1CO. The summed E-state index contributed by atoms with van der Waals surface area (Å²) >= 11 is 6.87. The predicted octanol–water partition coefficient (Wildman–Crippen LogP) is 4.29.